The minimum atomic E-state index is -0.211. The normalized spacial score (nSPS) is 24.6. The molecule has 1 fully saturated rings. The summed E-state index contributed by atoms with van der Waals surface area (Å²) < 4.78 is 18.5. The van der Waals surface area contributed by atoms with E-state index in [0.29, 0.717) is 5.92 Å². The molecule has 2 rings (SSSR count). The average Bonchev–Trinajstić information content (AvgIpc) is 2.32. The smallest absolute Gasteiger partial charge is 0.123 e. The third-order valence-corrected chi connectivity index (χ3v) is 3.57. The zero-order valence-electron chi connectivity index (χ0n) is 10.2. The van der Waals surface area contributed by atoms with Crippen molar-refractivity contribution in [3.05, 3.63) is 29.6 Å². The Morgan fingerprint density at radius 1 is 1.29 bits per heavy atom. The first-order valence-corrected chi connectivity index (χ1v) is 6.19. The molecule has 0 saturated heterocycles. The Morgan fingerprint density at radius 2 is 2.00 bits per heavy atom. The first-order valence-electron chi connectivity index (χ1n) is 6.19. The minimum Gasteiger partial charge on any atom is -0.496 e. The summed E-state index contributed by atoms with van der Waals surface area (Å²) in [6.45, 7) is 0. The van der Waals surface area contributed by atoms with Crippen molar-refractivity contribution in [1.29, 1.82) is 0 Å². The van der Waals surface area contributed by atoms with Crippen LogP contribution >= 0.6 is 0 Å². The molecule has 0 aliphatic heterocycles. The van der Waals surface area contributed by atoms with E-state index in [2.05, 4.69) is 0 Å². The highest BCUT2D eigenvalue weighted by Gasteiger charge is 2.20. The summed E-state index contributed by atoms with van der Waals surface area (Å²) in [5.41, 5.74) is 0.939. The van der Waals surface area contributed by atoms with E-state index >= 15 is 0 Å². The lowest BCUT2D eigenvalue weighted by Crippen LogP contribution is -2.19. The lowest BCUT2D eigenvalue weighted by atomic mass is 9.83. The number of methoxy groups -OCH3 is 1. The summed E-state index contributed by atoms with van der Waals surface area (Å²) in [5, 5.41) is 9.45. The van der Waals surface area contributed by atoms with Crippen LogP contribution in [0.5, 0.6) is 5.75 Å². The number of halogens is 1. The Bertz CT molecular complexity index is 370. The predicted molar refractivity (Wildman–Crippen MR) is 64.6 cm³/mol. The average molecular weight is 238 g/mol. The fourth-order valence-corrected chi connectivity index (χ4v) is 2.57. The van der Waals surface area contributed by atoms with E-state index in [1.54, 1.807) is 19.2 Å². The van der Waals surface area contributed by atoms with Crippen LogP contribution in [0, 0.1) is 11.7 Å². The summed E-state index contributed by atoms with van der Waals surface area (Å²) in [7, 11) is 1.61. The van der Waals surface area contributed by atoms with E-state index in [1.165, 1.54) is 6.07 Å². The summed E-state index contributed by atoms with van der Waals surface area (Å²) >= 11 is 0. The SMILES string of the molecule is COc1ccc(F)cc1CC1CCC(O)CC1. The molecule has 94 valence electrons. The van der Waals surface area contributed by atoms with Crippen molar-refractivity contribution in [3.8, 4) is 5.75 Å². The maximum atomic E-state index is 13.2. The number of hydrogen-bond acceptors (Lipinski definition) is 2. The Morgan fingerprint density at radius 3 is 2.65 bits per heavy atom. The van der Waals surface area contributed by atoms with Gasteiger partial charge in [0.1, 0.15) is 11.6 Å². The van der Waals surface area contributed by atoms with Gasteiger partial charge in [-0.1, -0.05) is 0 Å². The molecule has 0 atom stereocenters. The molecule has 17 heavy (non-hydrogen) atoms. The second-order valence-corrected chi connectivity index (χ2v) is 4.83. The Labute approximate surface area is 101 Å². The topological polar surface area (TPSA) is 29.5 Å². The minimum absolute atomic E-state index is 0.138. The van der Waals surface area contributed by atoms with Crippen LogP contribution in [0.4, 0.5) is 4.39 Å². The van der Waals surface area contributed by atoms with Gasteiger partial charge in [-0.3, -0.25) is 0 Å². The number of aliphatic hydroxyl groups is 1. The molecule has 0 aromatic heterocycles. The van der Waals surface area contributed by atoms with Gasteiger partial charge in [0.05, 0.1) is 13.2 Å². The Kier molecular flexibility index (Phi) is 4.00. The van der Waals surface area contributed by atoms with Crippen LogP contribution in [0.15, 0.2) is 18.2 Å². The molecule has 3 heteroatoms. The van der Waals surface area contributed by atoms with E-state index in [1.807, 2.05) is 0 Å². The zero-order chi connectivity index (χ0) is 12.3. The van der Waals surface area contributed by atoms with Crippen LogP contribution in [0.25, 0.3) is 0 Å². The van der Waals surface area contributed by atoms with Gasteiger partial charge in [0.25, 0.3) is 0 Å². The molecule has 0 heterocycles. The van der Waals surface area contributed by atoms with Gasteiger partial charge in [0, 0.05) is 0 Å². The zero-order valence-corrected chi connectivity index (χ0v) is 10.2. The molecule has 1 aromatic rings. The van der Waals surface area contributed by atoms with Gasteiger partial charge in [-0.25, -0.2) is 4.39 Å². The largest absolute Gasteiger partial charge is 0.496 e. The summed E-state index contributed by atoms with van der Waals surface area (Å²) in [4.78, 5) is 0. The van der Waals surface area contributed by atoms with Gasteiger partial charge in [-0.2, -0.15) is 0 Å². The van der Waals surface area contributed by atoms with Crippen molar-refractivity contribution in [1.82, 2.24) is 0 Å². The maximum absolute atomic E-state index is 13.2. The van der Waals surface area contributed by atoms with Gasteiger partial charge in [0.15, 0.2) is 0 Å². The van der Waals surface area contributed by atoms with Gasteiger partial charge in [-0.15, -0.1) is 0 Å². The highest BCUT2D eigenvalue weighted by molar-refractivity contribution is 5.34. The van der Waals surface area contributed by atoms with Crippen LogP contribution in [0.3, 0.4) is 0 Å². The highest BCUT2D eigenvalue weighted by Crippen LogP contribution is 2.30. The monoisotopic (exact) mass is 238 g/mol. The van der Waals surface area contributed by atoms with Crippen LogP contribution < -0.4 is 4.74 Å². The van der Waals surface area contributed by atoms with Crippen molar-refractivity contribution in [3.63, 3.8) is 0 Å². The van der Waals surface area contributed by atoms with E-state index in [0.717, 1.165) is 43.4 Å². The molecule has 1 N–H and O–H groups in total. The molecule has 0 amide bonds. The lowest BCUT2D eigenvalue weighted by Gasteiger charge is -2.25. The van der Waals surface area contributed by atoms with E-state index in [9.17, 15) is 9.50 Å². The Hall–Kier alpha value is -1.09. The van der Waals surface area contributed by atoms with Crippen molar-refractivity contribution in [2.45, 2.75) is 38.2 Å². The van der Waals surface area contributed by atoms with E-state index < -0.39 is 0 Å². The fourth-order valence-electron chi connectivity index (χ4n) is 2.57. The first-order chi connectivity index (χ1) is 8.19. The fraction of sp³-hybridized carbons (Fsp3) is 0.571. The van der Waals surface area contributed by atoms with Gasteiger partial charge < -0.3 is 9.84 Å². The van der Waals surface area contributed by atoms with Crippen LogP contribution in [0.2, 0.25) is 0 Å². The quantitative estimate of drug-likeness (QED) is 0.877. The number of benzene rings is 1. The molecule has 1 aromatic carbocycles. The van der Waals surface area contributed by atoms with Crippen molar-refractivity contribution < 1.29 is 14.2 Å². The van der Waals surface area contributed by atoms with E-state index in [4.69, 9.17) is 4.74 Å². The number of hydrogen-bond donors (Lipinski definition) is 1. The Balaban J connectivity index is 2.04. The van der Waals surface area contributed by atoms with Crippen molar-refractivity contribution in [2.75, 3.05) is 7.11 Å². The highest BCUT2D eigenvalue weighted by atomic mass is 19.1. The molecular weight excluding hydrogens is 219 g/mol. The molecule has 2 nitrogen and oxygen atoms in total. The number of aliphatic hydroxyl groups excluding tert-OH is 1. The number of rotatable bonds is 3. The molecule has 0 bridgehead atoms. The van der Waals surface area contributed by atoms with Gasteiger partial charge >= 0.3 is 0 Å². The standard InChI is InChI=1S/C14H19FO2/c1-17-14-7-4-12(15)9-11(14)8-10-2-5-13(16)6-3-10/h4,7,9-10,13,16H,2-3,5-6,8H2,1H3. The molecular formula is C14H19FO2. The van der Waals surface area contributed by atoms with Crippen molar-refractivity contribution in [2.24, 2.45) is 5.92 Å². The summed E-state index contributed by atoms with van der Waals surface area (Å²) in [5.74, 6) is 1.09. The number of ether oxygens (including phenoxy) is 1. The molecule has 0 unspecified atom stereocenters. The molecule has 1 aliphatic carbocycles. The van der Waals surface area contributed by atoms with Crippen molar-refractivity contribution >= 4 is 0 Å². The predicted octanol–water partition coefficient (Wildman–Crippen LogP) is 2.93. The van der Waals surface area contributed by atoms with Crippen LogP contribution in [-0.2, 0) is 6.42 Å². The molecule has 1 aliphatic rings. The summed E-state index contributed by atoms with van der Waals surface area (Å²) in [6.07, 6.45) is 4.46. The second kappa shape index (κ2) is 5.50. The first kappa shape index (κ1) is 12.4. The van der Waals surface area contributed by atoms with Crippen LogP contribution in [0.1, 0.15) is 31.2 Å². The summed E-state index contributed by atoms with van der Waals surface area (Å²) in [6, 6.07) is 4.67. The third kappa shape index (κ3) is 3.19. The molecule has 0 spiro atoms. The van der Waals surface area contributed by atoms with Crippen LogP contribution in [-0.4, -0.2) is 18.3 Å². The van der Waals surface area contributed by atoms with Gasteiger partial charge in [0.2, 0.25) is 0 Å². The van der Waals surface area contributed by atoms with Gasteiger partial charge in [-0.05, 0) is 61.8 Å². The maximum Gasteiger partial charge on any atom is 0.123 e. The molecule has 0 radical (unpaired) electrons. The second-order valence-electron chi connectivity index (χ2n) is 4.83. The van der Waals surface area contributed by atoms with E-state index in [-0.39, 0.29) is 11.9 Å². The lowest BCUT2D eigenvalue weighted by molar-refractivity contribution is 0.108. The molecule has 1 saturated carbocycles. The third-order valence-electron chi connectivity index (χ3n) is 3.57.